The molecular formula is C13H26O2. The van der Waals surface area contributed by atoms with Crippen molar-refractivity contribution in [1.29, 1.82) is 0 Å². The quantitative estimate of drug-likeness (QED) is 0.694. The van der Waals surface area contributed by atoms with Gasteiger partial charge >= 0.3 is 0 Å². The Kier molecular flexibility index (Phi) is 4.60. The Morgan fingerprint density at radius 2 is 1.40 bits per heavy atom. The van der Waals surface area contributed by atoms with E-state index in [1.54, 1.807) is 0 Å². The molecule has 0 bridgehead atoms. The summed E-state index contributed by atoms with van der Waals surface area (Å²) in [4.78, 5) is 0. The van der Waals surface area contributed by atoms with Crippen molar-refractivity contribution >= 4 is 0 Å². The Hall–Kier alpha value is -0.0800. The van der Waals surface area contributed by atoms with Crippen LogP contribution in [0.25, 0.3) is 0 Å². The van der Waals surface area contributed by atoms with Crippen LogP contribution in [-0.2, 0) is 0 Å². The second-order valence-electron chi connectivity index (χ2n) is 6.05. The van der Waals surface area contributed by atoms with Crippen LogP contribution in [0.5, 0.6) is 0 Å². The third-order valence-corrected chi connectivity index (χ3v) is 3.59. The predicted octanol–water partition coefficient (Wildman–Crippen LogP) is 2.72. The molecule has 1 saturated carbocycles. The molecule has 0 aromatic rings. The lowest BCUT2D eigenvalue weighted by Gasteiger charge is -2.34. The normalized spacial score (nSPS) is 24.6. The summed E-state index contributed by atoms with van der Waals surface area (Å²) in [7, 11) is 0. The van der Waals surface area contributed by atoms with Crippen molar-refractivity contribution in [3.63, 3.8) is 0 Å². The SMILES string of the molecule is CC(C)(C)C(O)C(O)C1CCCCCC1. The number of aliphatic hydroxyl groups excluding tert-OH is 2. The van der Waals surface area contributed by atoms with Crippen LogP contribution >= 0.6 is 0 Å². The minimum Gasteiger partial charge on any atom is -0.390 e. The molecule has 1 rings (SSSR count). The van der Waals surface area contributed by atoms with Gasteiger partial charge in [-0.15, -0.1) is 0 Å². The van der Waals surface area contributed by atoms with Gasteiger partial charge in [-0.1, -0.05) is 46.5 Å². The lowest BCUT2D eigenvalue weighted by Crippen LogP contribution is -2.42. The van der Waals surface area contributed by atoms with Gasteiger partial charge in [0.05, 0.1) is 12.2 Å². The third kappa shape index (κ3) is 3.76. The summed E-state index contributed by atoms with van der Waals surface area (Å²) in [5.41, 5.74) is -0.217. The molecule has 90 valence electrons. The van der Waals surface area contributed by atoms with Crippen LogP contribution in [0.3, 0.4) is 0 Å². The van der Waals surface area contributed by atoms with Crippen LogP contribution in [0.15, 0.2) is 0 Å². The fourth-order valence-electron chi connectivity index (χ4n) is 2.42. The molecule has 0 spiro atoms. The van der Waals surface area contributed by atoms with E-state index in [0.717, 1.165) is 12.8 Å². The van der Waals surface area contributed by atoms with Gasteiger partial charge in [0, 0.05) is 0 Å². The fourth-order valence-corrected chi connectivity index (χ4v) is 2.42. The van der Waals surface area contributed by atoms with Crippen LogP contribution < -0.4 is 0 Å². The highest BCUT2D eigenvalue weighted by atomic mass is 16.3. The van der Waals surface area contributed by atoms with E-state index in [0.29, 0.717) is 5.92 Å². The zero-order valence-electron chi connectivity index (χ0n) is 10.4. The maximum absolute atomic E-state index is 10.2. The lowest BCUT2D eigenvalue weighted by atomic mass is 9.79. The first-order valence-electron chi connectivity index (χ1n) is 6.29. The summed E-state index contributed by atoms with van der Waals surface area (Å²) in [5, 5.41) is 20.2. The maximum atomic E-state index is 10.2. The Morgan fingerprint density at radius 3 is 1.80 bits per heavy atom. The summed E-state index contributed by atoms with van der Waals surface area (Å²) in [5.74, 6) is 0.307. The van der Waals surface area contributed by atoms with E-state index in [1.807, 2.05) is 20.8 Å². The van der Waals surface area contributed by atoms with Gasteiger partial charge in [0.25, 0.3) is 0 Å². The molecule has 0 aromatic heterocycles. The lowest BCUT2D eigenvalue weighted by molar-refractivity contribution is -0.0732. The average molecular weight is 214 g/mol. The maximum Gasteiger partial charge on any atom is 0.0849 e. The van der Waals surface area contributed by atoms with Crippen LogP contribution in [0.2, 0.25) is 0 Å². The minimum absolute atomic E-state index is 0.217. The molecule has 0 saturated heterocycles. The van der Waals surface area contributed by atoms with Gasteiger partial charge in [0.1, 0.15) is 0 Å². The fraction of sp³-hybridized carbons (Fsp3) is 1.00. The zero-order chi connectivity index (χ0) is 11.5. The summed E-state index contributed by atoms with van der Waals surface area (Å²) in [6, 6.07) is 0. The molecule has 2 heteroatoms. The van der Waals surface area contributed by atoms with Crippen LogP contribution in [0, 0.1) is 11.3 Å². The molecule has 0 aromatic carbocycles. The van der Waals surface area contributed by atoms with Gasteiger partial charge in [-0.3, -0.25) is 0 Å². The van der Waals surface area contributed by atoms with Crippen molar-refractivity contribution in [2.45, 2.75) is 71.5 Å². The van der Waals surface area contributed by atoms with Gasteiger partial charge in [-0.25, -0.2) is 0 Å². The first kappa shape index (κ1) is 13.0. The molecule has 1 fully saturated rings. The highest BCUT2D eigenvalue weighted by Gasteiger charge is 2.34. The Morgan fingerprint density at radius 1 is 0.933 bits per heavy atom. The monoisotopic (exact) mass is 214 g/mol. The van der Waals surface area contributed by atoms with Crippen LogP contribution in [0.4, 0.5) is 0 Å². The molecule has 0 radical (unpaired) electrons. The van der Waals surface area contributed by atoms with Gasteiger partial charge in [0.15, 0.2) is 0 Å². The topological polar surface area (TPSA) is 40.5 Å². The Labute approximate surface area is 93.7 Å². The minimum atomic E-state index is -0.597. The van der Waals surface area contributed by atoms with Gasteiger partial charge in [0.2, 0.25) is 0 Å². The average Bonchev–Trinajstić information content (AvgIpc) is 2.42. The number of hydrogen-bond donors (Lipinski definition) is 2. The van der Waals surface area contributed by atoms with Crippen molar-refractivity contribution in [3.05, 3.63) is 0 Å². The standard InChI is InChI=1S/C13H26O2/c1-13(2,3)12(15)11(14)10-8-6-4-5-7-9-10/h10-12,14-15H,4-9H2,1-3H3. The molecule has 1 aliphatic rings. The van der Waals surface area contributed by atoms with Crippen molar-refractivity contribution in [2.75, 3.05) is 0 Å². The Balaban J connectivity index is 2.53. The van der Waals surface area contributed by atoms with Crippen molar-refractivity contribution < 1.29 is 10.2 Å². The second kappa shape index (κ2) is 5.31. The molecule has 15 heavy (non-hydrogen) atoms. The predicted molar refractivity (Wildman–Crippen MR) is 62.7 cm³/mol. The third-order valence-electron chi connectivity index (χ3n) is 3.59. The molecule has 0 amide bonds. The second-order valence-corrected chi connectivity index (χ2v) is 6.05. The molecule has 2 unspecified atom stereocenters. The van der Waals surface area contributed by atoms with E-state index in [4.69, 9.17) is 0 Å². The molecule has 2 nitrogen and oxygen atoms in total. The summed E-state index contributed by atoms with van der Waals surface area (Å²) < 4.78 is 0. The first-order chi connectivity index (χ1) is 6.93. The van der Waals surface area contributed by atoms with E-state index >= 15 is 0 Å². The number of hydrogen-bond acceptors (Lipinski definition) is 2. The molecule has 1 aliphatic carbocycles. The highest BCUT2D eigenvalue weighted by Crippen LogP contribution is 2.31. The zero-order valence-corrected chi connectivity index (χ0v) is 10.4. The summed E-state index contributed by atoms with van der Waals surface area (Å²) in [6.07, 6.45) is 6.01. The van der Waals surface area contributed by atoms with Crippen molar-refractivity contribution in [3.8, 4) is 0 Å². The molecule has 0 aliphatic heterocycles. The van der Waals surface area contributed by atoms with Crippen molar-refractivity contribution in [2.24, 2.45) is 11.3 Å². The molecule has 0 heterocycles. The van der Waals surface area contributed by atoms with Crippen LogP contribution in [-0.4, -0.2) is 22.4 Å². The summed E-state index contributed by atoms with van der Waals surface area (Å²) in [6.45, 7) is 5.95. The molecular weight excluding hydrogens is 188 g/mol. The smallest absolute Gasteiger partial charge is 0.0849 e. The van der Waals surface area contributed by atoms with E-state index in [9.17, 15) is 10.2 Å². The first-order valence-corrected chi connectivity index (χ1v) is 6.29. The van der Waals surface area contributed by atoms with E-state index in [2.05, 4.69) is 0 Å². The van der Waals surface area contributed by atoms with E-state index < -0.39 is 12.2 Å². The molecule has 2 atom stereocenters. The highest BCUT2D eigenvalue weighted by molar-refractivity contribution is 4.84. The van der Waals surface area contributed by atoms with E-state index in [1.165, 1.54) is 25.7 Å². The molecule has 2 N–H and O–H groups in total. The Bertz CT molecular complexity index is 175. The van der Waals surface area contributed by atoms with Gasteiger partial charge < -0.3 is 10.2 Å². The number of aliphatic hydroxyl groups is 2. The summed E-state index contributed by atoms with van der Waals surface area (Å²) >= 11 is 0. The van der Waals surface area contributed by atoms with Crippen LogP contribution in [0.1, 0.15) is 59.3 Å². The van der Waals surface area contributed by atoms with Crippen molar-refractivity contribution in [1.82, 2.24) is 0 Å². The largest absolute Gasteiger partial charge is 0.390 e. The van der Waals surface area contributed by atoms with Gasteiger partial charge in [-0.2, -0.15) is 0 Å². The number of rotatable bonds is 2. The van der Waals surface area contributed by atoms with Gasteiger partial charge in [-0.05, 0) is 24.2 Å². The van der Waals surface area contributed by atoms with E-state index in [-0.39, 0.29) is 5.41 Å².